The summed E-state index contributed by atoms with van der Waals surface area (Å²) >= 11 is 0. The van der Waals surface area contributed by atoms with Gasteiger partial charge in [0.15, 0.2) is 0 Å². The Labute approximate surface area is 43.7 Å². The van der Waals surface area contributed by atoms with Gasteiger partial charge in [-0.2, -0.15) is 0 Å². The molecule has 28 valence electrons. The Kier molecular flexibility index (Phi) is 1430. The molecule has 0 bridgehead atoms. The first-order valence-corrected chi connectivity index (χ1v) is 0. The zero-order chi connectivity index (χ0) is 0. The van der Waals surface area contributed by atoms with E-state index < -0.39 is 0 Å². The molecule has 0 rings (SSSR count). The fraction of sp³-hybridized carbons (Fsp3) is 0. The molecule has 0 amide bonds. The molecule has 3 nitrogen and oxygen atoms in total. The van der Waals surface area contributed by atoms with Gasteiger partial charge in [0, 0.05) is 26.2 Å². The summed E-state index contributed by atoms with van der Waals surface area (Å²) < 4.78 is 0. The van der Waals surface area contributed by atoms with Crippen LogP contribution < -0.4 is 6.15 Å². The SMILES string of the molecule is N.O.O.[Zr]. The molecule has 0 aliphatic heterocycles. The van der Waals surface area contributed by atoms with E-state index in [4.69, 9.17) is 0 Å². The summed E-state index contributed by atoms with van der Waals surface area (Å²) in [6.45, 7) is 0. The van der Waals surface area contributed by atoms with E-state index in [1.54, 1.807) is 0 Å². The van der Waals surface area contributed by atoms with Gasteiger partial charge in [0.25, 0.3) is 0 Å². The molecule has 0 aliphatic carbocycles. The van der Waals surface area contributed by atoms with Crippen molar-refractivity contribution in [2.75, 3.05) is 0 Å². The molecule has 0 aromatic carbocycles. The van der Waals surface area contributed by atoms with Gasteiger partial charge in [0.1, 0.15) is 0 Å². The number of hydrogen-bond acceptors (Lipinski definition) is 1. The van der Waals surface area contributed by atoms with Gasteiger partial charge in [0.2, 0.25) is 0 Å². The van der Waals surface area contributed by atoms with E-state index in [1.807, 2.05) is 0 Å². The van der Waals surface area contributed by atoms with Gasteiger partial charge >= 0.3 is 0 Å². The minimum Gasteiger partial charge on any atom is -0.412 e. The van der Waals surface area contributed by atoms with Crippen LogP contribution in [0.5, 0.6) is 0 Å². The molecule has 7 N–H and O–H groups in total. The Balaban J connectivity index is 0. The van der Waals surface area contributed by atoms with Crippen molar-refractivity contribution in [3.63, 3.8) is 0 Å². The molecule has 4 heteroatoms. The number of rotatable bonds is 0. The zero-order valence-electron chi connectivity index (χ0n) is 2.21. The van der Waals surface area contributed by atoms with Crippen molar-refractivity contribution < 1.29 is 37.2 Å². The standard InChI is InChI=1S/H3N.2H2O.Zr/h1H3;2*1H2;. The van der Waals surface area contributed by atoms with Crippen LogP contribution in [0.25, 0.3) is 0 Å². The Hall–Kier alpha value is 0.763. The van der Waals surface area contributed by atoms with Crippen LogP contribution in [0.4, 0.5) is 0 Å². The summed E-state index contributed by atoms with van der Waals surface area (Å²) in [5.74, 6) is 0. The van der Waals surface area contributed by atoms with E-state index in [-0.39, 0.29) is 43.3 Å². The summed E-state index contributed by atoms with van der Waals surface area (Å²) in [6, 6.07) is 0. The van der Waals surface area contributed by atoms with Gasteiger partial charge in [-0.25, -0.2) is 0 Å². The van der Waals surface area contributed by atoms with Crippen LogP contribution in [0, 0.1) is 0 Å². The second kappa shape index (κ2) is 49.3. The molecule has 0 aromatic heterocycles. The second-order valence-electron chi connectivity index (χ2n) is 0. The first-order chi connectivity index (χ1) is 0. The van der Waals surface area contributed by atoms with Crippen molar-refractivity contribution in [3.8, 4) is 0 Å². The van der Waals surface area contributed by atoms with Crippen molar-refractivity contribution in [1.29, 1.82) is 0 Å². The first-order valence-electron chi connectivity index (χ1n) is 0. The zero-order valence-corrected chi connectivity index (χ0v) is 4.67. The molecule has 4 heavy (non-hydrogen) atoms. The normalized spacial score (nSPS) is 0. The Morgan fingerprint density at radius 3 is 0.750 bits per heavy atom. The molecule has 0 radical (unpaired) electrons. The molecule has 0 aromatic rings. The second-order valence-corrected chi connectivity index (χ2v) is 0. The third-order valence-electron chi connectivity index (χ3n) is 0. The molecule has 0 spiro atoms. The van der Waals surface area contributed by atoms with E-state index >= 15 is 0 Å². The van der Waals surface area contributed by atoms with Crippen LogP contribution in [-0.4, -0.2) is 11.0 Å². The molecule has 0 saturated carbocycles. The molecule has 0 aliphatic rings. The van der Waals surface area contributed by atoms with Crippen LogP contribution in [0.1, 0.15) is 0 Å². The maximum atomic E-state index is 0. The average Bonchev–Trinajstić information content (AvgIpc) is 0. The first kappa shape index (κ1) is 116. The minimum absolute atomic E-state index is 0. The average molecular weight is 144 g/mol. The quantitative estimate of drug-likeness (QED) is 0.440. The van der Waals surface area contributed by atoms with Gasteiger partial charge in [0.05, 0.1) is 0 Å². The van der Waals surface area contributed by atoms with Gasteiger partial charge in [-0.05, 0) is 0 Å². The van der Waals surface area contributed by atoms with E-state index in [0.717, 1.165) is 0 Å². The molecule has 0 saturated heterocycles. The smallest absolute Gasteiger partial charge is 0 e. The fourth-order valence-electron chi connectivity index (χ4n) is 0. The van der Waals surface area contributed by atoms with Crippen molar-refractivity contribution in [2.45, 2.75) is 0 Å². The summed E-state index contributed by atoms with van der Waals surface area (Å²) in [7, 11) is 0. The van der Waals surface area contributed by atoms with Crippen LogP contribution in [0.2, 0.25) is 0 Å². The largest absolute Gasteiger partial charge is 0.412 e. The van der Waals surface area contributed by atoms with Gasteiger partial charge in [-0.1, -0.05) is 0 Å². The van der Waals surface area contributed by atoms with Gasteiger partial charge in [-0.15, -0.1) is 0 Å². The van der Waals surface area contributed by atoms with Crippen molar-refractivity contribution in [3.05, 3.63) is 0 Å². The maximum absolute atomic E-state index is 0. The Bertz CT molecular complexity index is 6.00. The van der Waals surface area contributed by atoms with Crippen LogP contribution in [0.15, 0.2) is 0 Å². The molecule has 0 atom stereocenters. The van der Waals surface area contributed by atoms with Gasteiger partial charge < -0.3 is 17.1 Å². The third kappa shape index (κ3) is 14.7. The van der Waals surface area contributed by atoms with Crippen LogP contribution in [0.3, 0.4) is 0 Å². The van der Waals surface area contributed by atoms with Crippen molar-refractivity contribution >= 4 is 0 Å². The van der Waals surface area contributed by atoms with E-state index in [0.29, 0.717) is 0 Å². The topological polar surface area (TPSA) is 98.0 Å². The predicted octanol–water partition coefficient (Wildman–Crippen LogP) is -1.49. The predicted molar refractivity (Wildman–Crippen MR) is 12.2 cm³/mol. The Morgan fingerprint density at radius 2 is 0.750 bits per heavy atom. The monoisotopic (exact) mass is 143 g/mol. The minimum atomic E-state index is 0. The maximum Gasteiger partial charge on any atom is 0 e. The molecular weight excluding hydrogens is 137 g/mol. The summed E-state index contributed by atoms with van der Waals surface area (Å²) in [5.41, 5.74) is 0. The van der Waals surface area contributed by atoms with Crippen molar-refractivity contribution in [1.82, 2.24) is 6.15 Å². The van der Waals surface area contributed by atoms with Crippen LogP contribution in [-0.2, 0) is 26.2 Å². The summed E-state index contributed by atoms with van der Waals surface area (Å²) in [5, 5.41) is 0. The summed E-state index contributed by atoms with van der Waals surface area (Å²) in [6.07, 6.45) is 0. The van der Waals surface area contributed by atoms with E-state index in [1.165, 1.54) is 0 Å². The van der Waals surface area contributed by atoms with Gasteiger partial charge in [-0.3, -0.25) is 0 Å². The molecule has 0 heterocycles. The van der Waals surface area contributed by atoms with E-state index in [9.17, 15) is 0 Å². The molecule has 0 unspecified atom stereocenters. The number of hydrogen-bond donors (Lipinski definition) is 1. The fourth-order valence-corrected chi connectivity index (χ4v) is 0. The molecular formula is H7NO2Zr. The molecule has 0 fully saturated rings. The Morgan fingerprint density at radius 1 is 0.750 bits per heavy atom. The summed E-state index contributed by atoms with van der Waals surface area (Å²) in [4.78, 5) is 0. The van der Waals surface area contributed by atoms with Crippen molar-refractivity contribution in [2.24, 2.45) is 0 Å². The van der Waals surface area contributed by atoms with E-state index in [2.05, 4.69) is 0 Å². The third-order valence-corrected chi connectivity index (χ3v) is 0. The van der Waals surface area contributed by atoms with Crippen LogP contribution >= 0.6 is 0 Å².